The smallest absolute Gasteiger partial charge is 0.0469 e. The number of para-hydroxylation sites is 2. The van der Waals surface area contributed by atoms with Gasteiger partial charge in [0.1, 0.15) is 0 Å². The van der Waals surface area contributed by atoms with Crippen LogP contribution in [0.25, 0.3) is 21.5 Å². The van der Waals surface area contributed by atoms with Crippen LogP contribution in [0.5, 0.6) is 0 Å². The van der Waals surface area contributed by atoms with Crippen LogP contribution in [0, 0.1) is 13.8 Å². The molecule has 84 heavy (non-hydrogen) atoms. The summed E-state index contributed by atoms with van der Waals surface area (Å²) in [5, 5.41) is 6.08. The maximum Gasteiger partial charge on any atom is 0.0469 e. The monoisotopic (exact) mass is 1150 g/mol. The van der Waals surface area contributed by atoms with Gasteiger partial charge >= 0.3 is 0 Å². The molecule has 0 amide bonds. The molecule has 4 heteroatoms. The Balaban J connectivity index is 0.878. The second-order valence-corrected chi connectivity index (χ2v) is 27.0. The summed E-state index contributed by atoms with van der Waals surface area (Å²) in [6, 6.07) is 44.7. The van der Waals surface area contributed by atoms with E-state index in [1.807, 2.05) is 0 Å². The minimum Gasteiger partial charge on any atom is -0.344 e. The summed E-state index contributed by atoms with van der Waals surface area (Å²) in [5.74, 6) is 0. The molecule has 2 nitrogen and oxygen atoms in total. The van der Waals surface area contributed by atoms with E-state index in [4.69, 9.17) is 36.4 Å². The van der Waals surface area contributed by atoms with Crippen LogP contribution in [0.4, 0.5) is 11.4 Å². The summed E-state index contributed by atoms with van der Waals surface area (Å²) >= 11 is 14.5. The molecule has 0 spiro atoms. The topological polar surface area (TPSA) is 6.48 Å². The first-order chi connectivity index (χ1) is 40.3. The average Bonchev–Trinajstić information content (AvgIpc) is 1.96. The lowest BCUT2D eigenvalue weighted by Crippen LogP contribution is -2.26. The molecule has 2 heterocycles. The lowest BCUT2D eigenvalue weighted by molar-refractivity contribution is 0.447. The summed E-state index contributed by atoms with van der Waals surface area (Å²) in [6.45, 7) is 35.1. The van der Waals surface area contributed by atoms with Crippen LogP contribution in [0.2, 0.25) is 0 Å². The Morgan fingerprint density at radius 2 is 1.06 bits per heavy atom. The van der Waals surface area contributed by atoms with Gasteiger partial charge in [-0.15, -0.1) is 11.6 Å². The van der Waals surface area contributed by atoms with E-state index >= 15 is 0 Å². The predicted molar refractivity (Wildman–Crippen MR) is 367 cm³/mol. The van der Waals surface area contributed by atoms with E-state index in [0.29, 0.717) is 0 Å². The highest BCUT2D eigenvalue weighted by Gasteiger charge is 2.41. The van der Waals surface area contributed by atoms with E-state index in [1.165, 1.54) is 100.0 Å². The first kappa shape index (κ1) is 60.5. The van der Waals surface area contributed by atoms with Crippen molar-refractivity contribution in [2.75, 3.05) is 22.9 Å². The van der Waals surface area contributed by atoms with Crippen molar-refractivity contribution in [2.24, 2.45) is 0 Å². The first-order valence-electron chi connectivity index (χ1n) is 31.3. The molecule has 4 aliphatic rings. The zero-order valence-electron chi connectivity index (χ0n) is 52.1. The number of fused-ring (bicyclic) bond motifs is 4. The molecule has 0 saturated carbocycles. The molecule has 0 fully saturated rings. The van der Waals surface area contributed by atoms with Gasteiger partial charge in [0.2, 0.25) is 0 Å². The highest BCUT2D eigenvalue weighted by molar-refractivity contribution is 6.32. The van der Waals surface area contributed by atoms with Crippen molar-refractivity contribution >= 4 is 56.1 Å². The molecular formula is C80H90Cl2N2. The Kier molecular flexibility index (Phi) is 18.1. The highest BCUT2D eigenvalue weighted by Crippen LogP contribution is 2.50. The maximum atomic E-state index is 7.43. The van der Waals surface area contributed by atoms with Crippen LogP contribution < -0.4 is 9.80 Å². The molecule has 2 aliphatic carbocycles. The van der Waals surface area contributed by atoms with Crippen LogP contribution in [-0.4, -0.2) is 18.5 Å². The van der Waals surface area contributed by atoms with E-state index in [9.17, 15) is 0 Å². The van der Waals surface area contributed by atoms with Crippen LogP contribution in [-0.2, 0) is 21.7 Å². The lowest BCUT2D eigenvalue weighted by Gasteiger charge is -2.35. The van der Waals surface area contributed by atoms with Crippen molar-refractivity contribution in [2.45, 2.75) is 167 Å². The van der Waals surface area contributed by atoms with E-state index in [2.05, 4.69) is 255 Å². The zero-order valence-corrected chi connectivity index (χ0v) is 53.6. The normalized spacial score (nSPS) is 21.1. The minimum absolute atomic E-state index is 0.0309. The number of unbranched alkanes of at least 4 members (excludes halogenated alkanes) is 3. The lowest BCUT2D eigenvalue weighted by atomic mass is 9.68. The van der Waals surface area contributed by atoms with Gasteiger partial charge in [-0.2, -0.15) is 0 Å². The number of halogens is 2. The molecule has 0 bridgehead atoms. The summed E-state index contributed by atoms with van der Waals surface area (Å²) < 4.78 is 0. The van der Waals surface area contributed by atoms with Gasteiger partial charge < -0.3 is 9.80 Å². The third-order valence-electron chi connectivity index (χ3n) is 19.8. The van der Waals surface area contributed by atoms with Crippen LogP contribution in [0.1, 0.15) is 159 Å². The van der Waals surface area contributed by atoms with Gasteiger partial charge in [-0.3, -0.25) is 0 Å². The van der Waals surface area contributed by atoms with E-state index in [1.54, 1.807) is 0 Å². The van der Waals surface area contributed by atoms with Gasteiger partial charge in [-0.05, 0) is 185 Å². The van der Waals surface area contributed by atoms with E-state index in [0.717, 1.165) is 99.9 Å². The van der Waals surface area contributed by atoms with Crippen LogP contribution >= 0.6 is 23.2 Å². The van der Waals surface area contributed by atoms with Crippen molar-refractivity contribution in [3.63, 3.8) is 0 Å². The second-order valence-electron chi connectivity index (χ2n) is 26.0. The maximum absolute atomic E-state index is 7.43. The predicted octanol–water partition coefficient (Wildman–Crippen LogP) is 22.7. The molecule has 3 atom stereocenters. The average molecular weight is 1150 g/mol. The SMILES string of the molecule is C=C(C=CC1=CC(=CC=C2N(CC)c3ccccc3C2(C)C)CC(Cl)C1)C(C)(CCCCCCC(C)(C(=C)C=CC1=C(Cl)C(=CC=C2N(CC)c3ccccc3C2(C)C)CCC1)c1c(C)ccc2ccccc12)c1c(C)ccc2ccccc12. The molecule has 10 rings (SSSR count). The van der Waals surface area contributed by atoms with Crippen LogP contribution in [0.3, 0.4) is 0 Å². The summed E-state index contributed by atoms with van der Waals surface area (Å²) in [7, 11) is 0. The summed E-state index contributed by atoms with van der Waals surface area (Å²) in [6.07, 6.45) is 31.9. The number of rotatable bonds is 19. The van der Waals surface area contributed by atoms with Gasteiger partial charge in [-0.1, -0.05) is 244 Å². The first-order valence-corrected chi connectivity index (χ1v) is 32.2. The fourth-order valence-corrected chi connectivity index (χ4v) is 15.6. The largest absolute Gasteiger partial charge is 0.344 e. The number of anilines is 2. The fourth-order valence-electron chi connectivity index (χ4n) is 14.9. The zero-order chi connectivity index (χ0) is 59.6. The molecule has 0 radical (unpaired) electrons. The third kappa shape index (κ3) is 11.8. The molecule has 0 N–H and O–H groups in total. The summed E-state index contributed by atoms with van der Waals surface area (Å²) in [4.78, 5) is 4.93. The number of likely N-dealkylation sites (N-methyl/N-ethyl adjacent to an activating group) is 2. The number of alkyl halides is 1. The molecule has 6 aromatic carbocycles. The van der Waals surface area contributed by atoms with Gasteiger partial charge in [0.25, 0.3) is 0 Å². The molecule has 0 saturated heterocycles. The number of nitrogens with zero attached hydrogens (tertiary/aromatic N) is 2. The van der Waals surface area contributed by atoms with Crippen LogP contribution in [0.15, 0.2) is 239 Å². The van der Waals surface area contributed by atoms with Gasteiger partial charge in [0.15, 0.2) is 0 Å². The Hall–Kier alpha value is -6.58. The minimum atomic E-state index is -0.302. The van der Waals surface area contributed by atoms with Crippen molar-refractivity contribution in [3.05, 3.63) is 272 Å². The quantitative estimate of drug-likeness (QED) is 0.0453. The van der Waals surface area contributed by atoms with Crippen molar-refractivity contribution in [3.8, 4) is 0 Å². The van der Waals surface area contributed by atoms with E-state index < -0.39 is 0 Å². The number of allylic oxidation sites excluding steroid dienone is 18. The second kappa shape index (κ2) is 25.2. The number of hydrogen-bond donors (Lipinski definition) is 0. The third-order valence-corrected chi connectivity index (χ3v) is 20.5. The van der Waals surface area contributed by atoms with Crippen molar-refractivity contribution < 1.29 is 0 Å². The van der Waals surface area contributed by atoms with Gasteiger partial charge in [-0.25, -0.2) is 0 Å². The Labute approximate surface area is 515 Å². The standard InChI is InChI=1S/C80H90Cl2N2/c1-13-83-70-36-23-21-34-68(70)77(7,8)72(83)48-43-60-52-59(53-65(81)54-60)42-40-57(5)79(11,74-55(3)38-44-61-28-17-19-32-66(61)74)50-25-15-16-26-51-80(12,75-56(4)39-45-62-29-18-20-33-67(62)75)58(6)41-46-63-30-27-31-64(76(63)82)47-49-73-78(9,10)69-35-22-24-37-71(69)84(73)14-2/h17-24,28-29,32-49,52,65H,5-6,13-16,25-27,30-31,50-51,53-54H2,1-4,7-12H3. The number of hydrogen-bond acceptors (Lipinski definition) is 2. The molecule has 2 aliphatic heterocycles. The van der Waals surface area contributed by atoms with Gasteiger partial charge in [0.05, 0.1) is 0 Å². The fraction of sp³-hybridized carbons (Fsp3) is 0.350. The molecular weight excluding hydrogens is 1060 g/mol. The Morgan fingerprint density at radius 1 is 0.583 bits per heavy atom. The Bertz CT molecular complexity index is 3770. The van der Waals surface area contributed by atoms with E-state index in [-0.39, 0.29) is 27.0 Å². The van der Waals surface area contributed by atoms with Gasteiger partial charge in [0, 0.05) is 67.9 Å². The highest BCUT2D eigenvalue weighted by atomic mass is 35.5. The van der Waals surface area contributed by atoms with Crippen molar-refractivity contribution in [1.29, 1.82) is 0 Å². The number of benzene rings is 6. The molecule has 0 aromatic heterocycles. The molecule has 3 unspecified atom stereocenters. The molecule has 6 aromatic rings. The Morgan fingerprint density at radius 3 is 1.58 bits per heavy atom. The van der Waals surface area contributed by atoms with Crippen molar-refractivity contribution in [1.82, 2.24) is 0 Å². The summed E-state index contributed by atoms with van der Waals surface area (Å²) in [5.41, 5.74) is 19.8. The molecule has 434 valence electrons. The number of aryl methyl sites for hydroxylation is 2.